The van der Waals surface area contributed by atoms with Crippen LogP contribution in [0.1, 0.15) is 64.2 Å². The zero-order valence-corrected chi connectivity index (χ0v) is 11.5. The Morgan fingerprint density at radius 3 is 2.00 bits per heavy atom. The first kappa shape index (κ1) is 13.4. The maximum atomic E-state index is 6.06. The van der Waals surface area contributed by atoms with Crippen molar-refractivity contribution in [3.8, 4) is 0 Å². The van der Waals surface area contributed by atoms with E-state index in [0.717, 1.165) is 18.5 Å². The van der Waals surface area contributed by atoms with Gasteiger partial charge in [0.2, 0.25) is 0 Å². The van der Waals surface area contributed by atoms with Gasteiger partial charge in [0.05, 0.1) is 0 Å². The second kappa shape index (κ2) is 6.75. The fourth-order valence-corrected chi connectivity index (χ4v) is 3.97. The Kier molecular flexibility index (Phi) is 5.30. The SMILES string of the molecule is CN(C1CCCCCC1)C(CN)C1CCCC1. The standard InChI is InChI=1S/C15H30N2/c1-17(14-10-4-2-3-5-11-14)15(12-16)13-8-6-7-9-13/h13-15H,2-12,16H2,1H3. The Labute approximate surface area is 107 Å². The third-order valence-corrected chi connectivity index (χ3v) is 5.11. The van der Waals surface area contributed by atoms with Crippen molar-refractivity contribution in [3.63, 3.8) is 0 Å². The van der Waals surface area contributed by atoms with Crippen LogP contribution in [0.5, 0.6) is 0 Å². The van der Waals surface area contributed by atoms with E-state index >= 15 is 0 Å². The molecule has 2 aliphatic rings. The lowest BCUT2D eigenvalue weighted by Crippen LogP contribution is -2.47. The van der Waals surface area contributed by atoms with Gasteiger partial charge < -0.3 is 5.73 Å². The molecule has 2 nitrogen and oxygen atoms in total. The number of likely N-dealkylation sites (N-methyl/N-ethyl adjacent to an activating group) is 1. The third-order valence-electron chi connectivity index (χ3n) is 5.11. The number of hydrogen-bond acceptors (Lipinski definition) is 2. The number of nitrogens with two attached hydrogens (primary N) is 1. The van der Waals surface area contributed by atoms with Crippen LogP contribution in [-0.4, -0.2) is 30.6 Å². The highest BCUT2D eigenvalue weighted by Gasteiger charge is 2.30. The van der Waals surface area contributed by atoms with Gasteiger partial charge in [-0.2, -0.15) is 0 Å². The highest BCUT2D eigenvalue weighted by molar-refractivity contribution is 4.86. The normalized spacial score (nSPS) is 26.3. The Hall–Kier alpha value is -0.0800. The van der Waals surface area contributed by atoms with Gasteiger partial charge in [-0.25, -0.2) is 0 Å². The summed E-state index contributed by atoms with van der Waals surface area (Å²) in [4.78, 5) is 2.65. The molecule has 2 N–H and O–H groups in total. The predicted molar refractivity (Wildman–Crippen MR) is 74.1 cm³/mol. The van der Waals surface area contributed by atoms with Crippen LogP contribution < -0.4 is 5.73 Å². The Morgan fingerprint density at radius 1 is 0.941 bits per heavy atom. The molecule has 0 aromatic carbocycles. The van der Waals surface area contributed by atoms with Crippen molar-refractivity contribution in [1.82, 2.24) is 4.90 Å². The van der Waals surface area contributed by atoms with E-state index < -0.39 is 0 Å². The van der Waals surface area contributed by atoms with Crippen molar-refractivity contribution in [2.45, 2.75) is 76.3 Å². The maximum Gasteiger partial charge on any atom is 0.0246 e. The third kappa shape index (κ3) is 3.45. The molecule has 2 rings (SSSR count). The van der Waals surface area contributed by atoms with Crippen LogP contribution in [0.4, 0.5) is 0 Å². The summed E-state index contributed by atoms with van der Waals surface area (Å²) in [5.41, 5.74) is 6.06. The molecule has 0 aliphatic heterocycles. The van der Waals surface area contributed by atoms with E-state index in [4.69, 9.17) is 5.73 Å². The molecule has 2 aliphatic carbocycles. The first-order chi connectivity index (χ1) is 8.33. The molecule has 0 radical (unpaired) electrons. The summed E-state index contributed by atoms with van der Waals surface area (Å²) in [6.45, 7) is 0.859. The van der Waals surface area contributed by atoms with Crippen LogP contribution in [0.2, 0.25) is 0 Å². The second-order valence-corrected chi connectivity index (χ2v) is 6.16. The lowest BCUT2D eigenvalue weighted by molar-refractivity contribution is 0.118. The van der Waals surface area contributed by atoms with Crippen molar-refractivity contribution < 1.29 is 0 Å². The van der Waals surface area contributed by atoms with Gasteiger partial charge in [-0.15, -0.1) is 0 Å². The van der Waals surface area contributed by atoms with Crippen molar-refractivity contribution in [3.05, 3.63) is 0 Å². The first-order valence-electron chi connectivity index (χ1n) is 7.75. The van der Waals surface area contributed by atoms with Crippen molar-refractivity contribution in [1.29, 1.82) is 0 Å². The molecule has 0 heterocycles. The van der Waals surface area contributed by atoms with Gasteiger partial charge in [-0.3, -0.25) is 4.90 Å². The van der Waals surface area contributed by atoms with E-state index in [1.54, 1.807) is 0 Å². The minimum atomic E-state index is 0.653. The number of rotatable bonds is 4. The van der Waals surface area contributed by atoms with Crippen LogP contribution in [0.25, 0.3) is 0 Å². The van der Waals surface area contributed by atoms with Crippen molar-refractivity contribution >= 4 is 0 Å². The highest BCUT2D eigenvalue weighted by Crippen LogP contribution is 2.32. The zero-order chi connectivity index (χ0) is 12.1. The summed E-state index contributed by atoms with van der Waals surface area (Å²) in [6, 6.07) is 1.47. The summed E-state index contributed by atoms with van der Waals surface area (Å²) >= 11 is 0. The van der Waals surface area contributed by atoms with Crippen LogP contribution in [0.3, 0.4) is 0 Å². The molecule has 2 saturated carbocycles. The van der Waals surface area contributed by atoms with Crippen LogP contribution >= 0.6 is 0 Å². The molecule has 0 aromatic rings. The molecule has 0 bridgehead atoms. The number of nitrogens with zero attached hydrogens (tertiary/aromatic N) is 1. The molecular weight excluding hydrogens is 208 g/mol. The summed E-state index contributed by atoms with van der Waals surface area (Å²) < 4.78 is 0. The minimum absolute atomic E-state index is 0.653. The van der Waals surface area contributed by atoms with Gasteiger partial charge in [0.1, 0.15) is 0 Å². The average molecular weight is 238 g/mol. The molecule has 0 saturated heterocycles. The van der Waals surface area contributed by atoms with E-state index in [0.29, 0.717) is 6.04 Å². The van der Waals surface area contributed by atoms with Gasteiger partial charge in [0.15, 0.2) is 0 Å². The minimum Gasteiger partial charge on any atom is -0.329 e. The first-order valence-corrected chi connectivity index (χ1v) is 7.75. The summed E-state index contributed by atoms with van der Waals surface area (Å²) in [7, 11) is 2.34. The Bertz CT molecular complexity index is 203. The van der Waals surface area contributed by atoms with Crippen molar-refractivity contribution in [2.75, 3.05) is 13.6 Å². The maximum absolute atomic E-state index is 6.06. The quantitative estimate of drug-likeness (QED) is 0.762. The van der Waals surface area contributed by atoms with Crippen LogP contribution in [0, 0.1) is 5.92 Å². The van der Waals surface area contributed by atoms with E-state index in [2.05, 4.69) is 11.9 Å². The topological polar surface area (TPSA) is 29.3 Å². The predicted octanol–water partition coefficient (Wildman–Crippen LogP) is 3.16. The van der Waals surface area contributed by atoms with Gasteiger partial charge in [0.25, 0.3) is 0 Å². The summed E-state index contributed by atoms with van der Waals surface area (Å²) in [6.07, 6.45) is 14.2. The lowest BCUT2D eigenvalue weighted by atomic mass is 9.94. The largest absolute Gasteiger partial charge is 0.329 e. The zero-order valence-electron chi connectivity index (χ0n) is 11.5. The monoisotopic (exact) mass is 238 g/mol. The van der Waals surface area contributed by atoms with Crippen LogP contribution in [-0.2, 0) is 0 Å². The fraction of sp³-hybridized carbons (Fsp3) is 1.00. The molecule has 100 valence electrons. The van der Waals surface area contributed by atoms with E-state index in [1.165, 1.54) is 64.2 Å². The Morgan fingerprint density at radius 2 is 1.47 bits per heavy atom. The smallest absolute Gasteiger partial charge is 0.0246 e. The van der Waals surface area contributed by atoms with E-state index in [-0.39, 0.29) is 0 Å². The molecule has 1 atom stereocenters. The molecule has 0 amide bonds. The molecule has 1 unspecified atom stereocenters. The van der Waals surface area contributed by atoms with Gasteiger partial charge in [0, 0.05) is 18.6 Å². The van der Waals surface area contributed by atoms with Crippen molar-refractivity contribution in [2.24, 2.45) is 11.7 Å². The van der Waals surface area contributed by atoms with Gasteiger partial charge >= 0.3 is 0 Å². The fourth-order valence-electron chi connectivity index (χ4n) is 3.97. The molecule has 0 aromatic heterocycles. The molecule has 2 heteroatoms. The molecule has 17 heavy (non-hydrogen) atoms. The molecular formula is C15H30N2. The molecule has 2 fully saturated rings. The van der Waals surface area contributed by atoms with E-state index in [1.807, 2.05) is 0 Å². The second-order valence-electron chi connectivity index (χ2n) is 6.16. The lowest BCUT2D eigenvalue weighted by Gasteiger charge is -2.37. The van der Waals surface area contributed by atoms with Crippen LogP contribution in [0.15, 0.2) is 0 Å². The van der Waals surface area contributed by atoms with Gasteiger partial charge in [-0.05, 0) is 38.6 Å². The molecule has 0 spiro atoms. The summed E-state index contributed by atoms with van der Waals surface area (Å²) in [5.74, 6) is 0.883. The van der Waals surface area contributed by atoms with Gasteiger partial charge in [-0.1, -0.05) is 38.5 Å². The van der Waals surface area contributed by atoms with E-state index in [9.17, 15) is 0 Å². The Balaban J connectivity index is 1.92. The average Bonchev–Trinajstić information content (AvgIpc) is 2.72. The highest BCUT2D eigenvalue weighted by atomic mass is 15.2. The summed E-state index contributed by atoms with van der Waals surface area (Å²) in [5, 5.41) is 0. The number of hydrogen-bond donors (Lipinski definition) is 1.